The van der Waals surface area contributed by atoms with Gasteiger partial charge in [-0.3, -0.25) is 9.73 Å². The van der Waals surface area contributed by atoms with E-state index in [0.29, 0.717) is 14.3 Å². The third-order valence-corrected chi connectivity index (χ3v) is 14.2. The van der Waals surface area contributed by atoms with Crippen LogP contribution in [0.25, 0.3) is 77.8 Å². The van der Waals surface area contributed by atoms with Crippen molar-refractivity contribution in [1.29, 1.82) is 5.16 Å². The zero-order valence-corrected chi connectivity index (χ0v) is 40.8. The fourth-order valence-corrected chi connectivity index (χ4v) is 11.0. The Morgan fingerprint density at radius 1 is 0.370 bits per heavy atom. The summed E-state index contributed by atoms with van der Waals surface area (Å²) in [5.41, 5.74) is 15.8. The lowest BCUT2D eigenvalue weighted by Gasteiger charge is -2.26. The van der Waals surface area contributed by atoms with Crippen LogP contribution in [0, 0.1) is 12.1 Å². The molecule has 7 nitrogen and oxygen atoms in total. The summed E-state index contributed by atoms with van der Waals surface area (Å²) in [5.74, 6) is 0.542. The molecule has 0 aliphatic heterocycles. The average molecular weight is 956 g/mol. The number of anilines is 6. The molecule has 346 valence electrons. The Morgan fingerprint density at radius 2 is 0.781 bits per heavy atom. The van der Waals surface area contributed by atoms with Gasteiger partial charge in [-0.25, -0.2) is 9.97 Å². The minimum Gasteiger partial charge on any atom is -0.310 e. The van der Waals surface area contributed by atoms with E-state index in [1.165, 1.54) is 5.39 Å². The highest BCUT2D eigenvalue weighted by Crippen LogP contribution is 2.44. The quantitative estimate of drug-likeness (QED) is 0.131. The first-order valence-electron chi connectivity index (χ1n) is 24.4. The smallest absolute Gasteiger partial charge is 0.235 e. The predicted molar refractivity (Wildman–Crippen MR) is 305 cm³/mol. The summed E-state index contributed by atoms with van der Waals surface area (Å²) in [7, 11) is 0.387. The van der Waals surface area contributed by atoms with Gasteiger partial charge in [0, 0.05) is 86.2 Å². The third-order valence-electron chi connectivity index (χ3n) is 13.7. The van der Waals surface area contributed by atoms with Gasteiger partial charge in [0.25, 0.3) is 0 Å². The minimum atomic E-state index is 0.387. The van der Waals surface area contributed by atoms with Gasteiger partial charge in [0.15, 0.2) is 0 Å². The van der Waals surface area contributed by atoms with Crippen LogP contribution in [-0.4, -0.2) is 19.1 Å². The van der Waals surface area contributed by atoms with Crippen LogP contribution in [0.3, 0.4) is 0 Å². The molecule has 0 aliphatic carbocycles. The Morgan fingerprint density at radius 3 is 1.27 bits per heavy atom. The number of fused-ring (bicyclic) bond motifs is 7. The van der Waals surface area contributed by atoms with Gasteiger partial charge in [0.1, 0.15) is 0 Å². The van der Waals surface area contributed by atoms with E-state index in [4.69, 9.17) is 15.1 Å². The van der Waals surface area contributed by atoms with Crippen molar-refractivity contribution in [1.82, 2.24) is 19.1 Å². The van der Waals surface area contributed by atoms with E-state index in [0.717, 1.165) is 111 Å². The fourth-order valence-electron chi connectivity index (χ4n) is 10.6. The molecule has 8 heteroatoms. The summed E-state index contributed by atoms with van der Waals surface area (Å²) in [6.45, 7) is 2.15. The first kappa shape index (κ1) is 43.6. The zero-order chi connectivity index (χ0) is 48.8. The molecule has 0 spiro atoms. The van der Waals surface area contributed by atoms with Gasteiger partial charge in [-0.2, -0.15) is 0 Å². The number of nitrogens with one attached hydrogen (secondary N) is 1. The molecule has 10 aromatic carbocycles. The van der Waals surface area contributed by atoms with Gasteiger partial charge >= 0.3 is 0 Å². The molecule has 0 amide bonds. The molecular weight excluding hydrogens is 910 g/mol. The standard InChI is InChI=1S/C65H46N7P/c1-44-37-45(39-52(38-44)69(47-21-7-2-8-22-47)48-23-9-3-10-24-48)59-43-60(46-40-53(42-54(41-46)73-66)70(49-25-11-4-12-26-49)50-27-13-5-14-28-50)68-65(67-59)72-62-34-20-18-32-56(62)58-36-35-57-55-31-17-19-33-61(55)71(63(57)64(58)72)51-29-15-6-16-30-51/h2-43,66H,1H3. The normalized spacial score (nSPS) is 11.5. The van der Waals surface area contributed by atoms with Crippen molar-refractivity contribution in [3.63, 3.8) is 0 Å². The second-order valence-electron chi connectivity index (χ2n) is 18.3. The molecule has 0 aliphatic rings. The summed E-state index contributed by atoms with van der Waals surface area (Å²) < 4.78 is 4.68. The van der Waals surface area contributed by atoms with Crippen molar-refractivity contribution < 1.29 is 0 Å². The number of hydrogen-bond donors (Lipinski definition) is 1. The van der Waals surface area contributed by atoms with Crippen molar-refractivity contribution in [3.8, 4) is 34.2 Å². The highest BCUT2D eigenvalue weighted by Gasteiger charge is 2.24. The lowest BCUT2D eigenvalue weighted by atomic mass is 10.0. The molecule has 0 saturated carbocycles. The zero-order valence-electron chi connectivity index (χ0n) is 39.9. The molecule has 3 aromatic heterocycles. The lowest BCUT2D eigenvalue weighted by Crippen LogP contribution is -2.12. The average Bonchev–Trinajstić information content (AvgIpc) is 3.97. The summed E-state index contributed by atoms with van der Waals surface area (Å²) in [6.07, 6.45) is 0. The maximum absolute atomic E-state index is 8.82. The number of rotatable bonds is 11. The molecule has 1 N–H and O–H groups in total. The maximum atomic E-state index is 8.82. The molecule has 0 atom stereocenters. The Labute approximate surface area is 424 Å². The van der Waals surface area contributed by atoms with Gasteiger partial charge in [-0.1, -0.05) is 140 Å². The van der Waals surface area contributed by atoms with E-state index < -0.39 is 0 Å². The number of aryl methyl sites for hydroxylation is 1. The van der Waals surface area contributed by atoms with E-state index in [-0.39, 0.29) is 0 Å². The molecule has 0 unspecified atom stereocenters. The largest absolute Gasteiger partial charge is 0.310 e. The van der Waals surface area contributed by atoms with Crippen LogP contribution >= 0.6 is 8.37 Å². The third kappa shape index (κ3) is 7.80. The molecule has 73 heavy (non-hydrogen) atoms. The number of hydrogen-bond acceptors (Lipinski definition) is 5. The lowest BCUT2D eigenvalue weighted by molar-refractivity contribution is 0.995. The molecular formula is C65H46N7P. The van der Waals surface area contributed by atoms with Gasteiger partial charge in [-0.15, -0.1) is 0 Å². The van der Waals surface area contributed by atoms with Crippen LogP contribution in [-0.2, 0) is 0 Å². The Hall–Kier alpha value is -9.42. The molecule has 0 bridgehead atoms. The Balaban J connectivity index is 1.12. The summed E-state index contributed by atoms with van der Waals surface area (Å²) in [4.78, 5) is 15.9. The summed E-state index contributed by atoms with van der Waals surface area (Å²) in [5, 5.41) is 14.2. The van der Waals surface area contributed by atoms with Crippen LogP contribution in [0.1, 0.15) is 5.56 Å². The van der Waals surface area contributed by atoms with Gasteiger partial charge < -0.3 is 14.4 Å². The van der Waals surface area contributed by atoms with Crippen LogP contribution in [0.4, 0.5) is 34.1 Å². The number of nitrogens with zero attached hydrogens (tertiary/aromatic N) is 6. The maximum Gasteiger partial charge on any atom is 0.235 e. The van der Waals surface area contributed by atoms with Crippen molar-refractivity contribution in [2.45, 2.75) is 6.92 Å². The van der Waals surface area contributed by atoms with Gasteiger partial charge in [-0.05, 0) is 128 Å². The van der Waals surface area contributed by atoms with Gasteiger partial charge in [0.2, 0.25) is 5.95 Å². The number of benzene rings is 10. The van der Waals surface area contributed by atoms with E-state index in [1.807, 2.05) is 12.1 Å². The monoisotopic (exact) mass is 955 g/mol. The Bertz CT molecular complexity index is 4100. The van der Waals surface area contributed by atoms with Crippen molar-refractivity contribution in [2.24, 2.45) is 0 Å². The SMILES string of the molecule is Cc1cc(-c2cc(-c3cc(P=N)cc(N(c4ccccc4)c4ccccc4)c3)nc(-n3c4ccccc4c4ccc5c6ccccc6n(-c6ccccc6)c5c43)n2)cc(N(c2ccccc2)c2ccccc2)c1. The number of aromatic nitrogens is 4. The second-order valence-corrected chi connectivity index (χ2v) is 19.0. The van der Waals surface area contributed by atoms with Crippen LogP contribution in [0.5, 0.6) is 0 Å². The van der Waals surface area contributed by atoms with Crippen LogP contribution in [0.15, 0.2) is 255 Å². The highest BCUT2D eigenvalue weighted by atomic mass is 31.1. The van der Waals surface area contributed by atoms with Crippen LogP contribution in [0.2, 0.25) is 0 Å². The number of para-hydroxylation sites is 7. The molecule has 3 heterocycles. The molecule has 13 rings (SSSR count). The molecule has 0 fully saturated rings. The van der Waals surface area contributed by atoms with Crippen LogP contribution < -0.4 is 15.1 Å². The van der Waals surface area contributed by atoms with Gasteiger partial charge in [0.05, 0.1) is 33.5 Å². The van der Waals surface area contributed by atoms with Crippen molar-refractivity contribution in [2.75, 3.05) is 9.80 Å². The minimum absolute atomic E-state index is 0.387. The van der Waals surface area contributed by atoms with Crippen molar-refractivity contribution in [3.05, 3.63) is 260 Å². The topological polar surface area (TPSA) is 66.0 Å². The van der Waals surface area contributed by atoms with E-state index >= 15 is 0 Å². The molecule has 13 aromatic rings. The van der Waals surface area contributed by atoms with E-state index in [9.17, 15) is 0 Å². The van der Waals surface area contributed by atoms with E-state index in [2.05, 4.69) is 269 Å². The first-order valence-corrected chi connectivity index (χ1v) is 25.3. The second kappa shape index (κ2) is 18.4. The Kier molecular flexibility index (Phi) is 11.0. The van der Waals surface area contributed by atoms with Crippen molar-refractivity contribution >= 4 is 91.4 Å². The van der Waals surface area contributed by atoms with E-state index in [1.54, 1.807) is 0 Å². The molecule has 0 radical (unpaired) electrons. The first-order chi connectivity index (χ1) is 36.1. The highest BCUT2D eigenvalue weighted by molar-refractivity contribution is 7.35. The fraction of sp³-hybridized carbons (Fsp3) is 0.0154. The summed E-state index contributed by atoms with van der Waals surface area (Å²) >= 11 is 0. The predicted octanol–water partition coefficient (Wildman–Crippen LogP) is 17.6. The summed E-state index contributed by atoms with van der Waals surface area (Å²) in [6, 6.07) is 89.6. The molecule has 0 saturated heterocycles.